The molecule has 0 saturated carbocycles. The quantitative estimate of drug-likeness (QED) is 0.637. The third kappa shape index (κ3) is 5.19. The van der Waals surface area contributed by atoms with Crippen LogP contribution in [0.2, 0.25) is 10.0 Å². The summed E-state index contributed by atoms with van der Waals surface area (Å²) in [5, 5.41) is 1.35. The van der Waals surface area contributed by atoms with Gasteiger partial charge in [-0.25, -0.2) is 0 Å². The molecule has 0 heterocycles. The van der Waals surface area contributed by atoms with Crippen LogP contribution in [-0.4, -0.2) is 17.0 Å². The zero-order valence-corrected chi connectivity index (χ0v) is 13.6. The third-order valence-corrected chi connectivity index (χ3v) is 3.68. The van der Waals surface area contributed by atoms with E-state index >= 15 is 0 Å². The molecule has 1 aromatic carbocycles. The normalized spacial score (nSPS) is 13.5. The van der Waals surface area contributed by atoms with Gasteiger partial charge in [0.1, 0.15) is 0 Å². The van der Waals surface area contributed by atoms with Gasteiger partial charge in [0.05, 0.1) is 0 Å². The fourth-order valence-electron chi connectivity index (χ4n) is 1.78. The third-order valence-electron chi connectivity index (χ3n) is 3.10. The van der Waals surface area contributed by atoms with Crippen LogP contribution >= 0.6 is 35.6 Å². The first kappa shape index (κ1) is 18.5. The summed E-state index contributed by atoms with van der Waals surface area (Å²) < 4.78 is 0. The monoisotopic (exact) mass is 319 g/mol. The van der Waals surface area contributed by atoms with E-state index in [2.05, 4.69) is 31.9 Å². The molecule has 0 aliphatic carbocycles. The molecular weight excluding hydrogens is 301 g/mol. The molecule has 0 radical (unpaired) electrons. The first-order chi connectivity index (χ1) is 8.49. The van der Waals surface area contributed by atoms with Gasteiger partial charge in [0, 0.05) is 28.7 Å². The van der Waals surface area contributed by atoms with Gasteiger partial charge in [-0.05, 0) is 31.5 Å². The first-order valence-electron chi connectivity index (χ1n) is 5.94. The highest BCUT2D eigenvalue weighted by Gasteiger charge is 2.17. The summed E-state index contributed by atoms with van der Waals surface area (Å²) in [4.78, 5) is 2.27. The topological polar surface area (TPSA) is 3.24 Å². The minimum absolute atomic E-state index is 0. The van der Waals surface area contributed by atoms with Crippen molar-refractivity contribution in [3.63, 3.8) is 0 Å². The maximum atomic E-state index is 6.21. The number of halogens is 3. The molecule has 0 aliphatic rings. The van der Waals surface area contributed by atoms with Crippen LogP contribution in [-0.2, 0) is 6.54 Å². The van der Waals surface area contributed by atoms with Crippen molar-refractivity contribution in [1.82, 2.24) is 4.90 Å². The predicted molar refractivity (Wildman–Crippen MR) is 88.6 cm³/mol. The first-order valence-corrected chi connectivity index (χ1v) is 6.70. The van der Waals surface area contributed by atoms with Crippen molar-refractivity contribution in [2.45, 2.75) is 32.5 Å². The van der Waals surface area contributed by atoms with Gasteiger partial charge >= 0.3 is 0 Å². The number of nitrogens with zero attached hydrogens (tertiary/aromatic N) is 1. The van der Waals surface area contributed by atoms with Crippen LogP contribution in [0.5, 0.6) is 0 Å². The molecule has 0 spiro atoms. The minimum atomic E-state index is 0. The summed E-state index contributed by atoms with van der Waals surface area (Å²) in [6, 6.07) is 6.10. The number of rotatable bonds is 6. The predicted octanol–water partition coefficient (Wildman–Crippen LogP) is 5.37. The Morgan fingerprint density at radius 1 is 1.16 bits per heavy atom. The zero-order chi connectivity index (χ0) is 13.7. The van der Waals surface area contributed by atoms with E-state index in [1.807, 2.05) is 24.3 Å². The van der Waals surface area contributed by atoms with E-state index in [1.54, 1.807) is 6.07 Å². The van der Waals surface area contributed by atoms with Gasteiger partial charge in [-0.3, -0.25) is 4.90 Å². The van der Waals surface area contributed by atoms with Gasteiger partial charge in [-0.1, -0.05) is 41.4 Å². The van der Waals surface area contributed by atoms with Crippen molar-refractivity contribution >= 4 is 35.6 Å². The van der Waals surface area contributed by atoms with Crippen molar-refractivity contribution in [2.75, 3.05) is 0 Å². The van der Waals surface area contributed by atoms with E-state index in [-0.39, 0.29) is 24.5 Å². The summed E-state index contributed by atoms with van der Waals surface area (Å²) in [7, 11) is 0. The average Bonchev–Trinajstić information content (AvgIpc) is 2.36. The Morgan fingerprint density at radius 2 is 1.68 bits per heavy atom. The largest absolute Gasteiger partial charge is 0.287 e. The molecule has 4 heteroatoms. The maximum absolute atomic E-state index is 6.21. The van der Waals surface area contributed by atoms with Crippen LogP contribution < -0.4 is 0 Å². The Balaban J connectivity index is 0.00000324. The highest BCUT2D eigenvalue weighted by molar-refractivity contribution is 6.35. The fourth-order valence-corrected chi connectivity index (χ4v) is 2.24. The summed E-state index contributed by atoms with van der Waals surface area (Å²) in [5.74, 6) is 0. The number of benzene rings is 1. The Bertz CT molecular complexity index is 417. The Morgan fingerprint density at radius 3 is 2.11 bits per heavy atom. The van der Waals surface area contributed by atoms with E-state index in [0.29, 0.717) is 10.0 Å². The molecule has 0 aromatic heterocycles. The molecule has 0 saturated heterocycles. The van der Waals surface area contributed by atoms with Crippen LogP contribution in [0, 0.1) is 0 Å². The second kappa shape index (κ2) is 8.65. The standard InChI is InChI=1S/C15H19Cl2N.ClH/c1-5-11(3)18(12(4)6-2)10-13-7-8-14(16)9-15(13)17;/h5-9,11-12H,1-2,10H2,3-4H3;1H. The van der Waals surface area contributed by atoms with Gasteiger partial charge < -0.3 is 0 Å². The SMILES string of the molecule is C=CC(C)N(Cc1ccc(Cl)cc1Cl)C(C)C=C.Cl. The van der Waals surface area contributed by atoms with Crippen LogP contribution in [0.3, 0.4) is 0 Å². The Labute approximate surface area is 132 Å². The molecule has 0 bridgehead atoms. The molecule has 2 unspecified atom stereocenters. The highest BCUT2D eigenvalue weighted by Crippen LogP contribution is 2.24. The fraction of sp³-hybridized carbons (Fsp3) is 0.333. The van der Waals surface area contributed by atoms with E-state index in [4.69, 9.17) is 23.2 Å². The summed E-state index contributed by atoms with van der Waals surface area (Å²) in [6.07, 6.45) is 3.84. The van der Waals surface area contributed by atoms with Crippen LogP contribution in [0.15, 0.2) is 43.5 Å². The molecule has 0 amide bonds. The molecule has 1 aromatic rings. The second-order valence-corrected chi connectivity index (χ2v) is 5.20. The average molecular weight is 321 g/mol. The minimum Gasteiger partial charge on any atom is -0.287 e. The molecule has 2 atom stereocenters. The van der Waals surface area contributed by atoms with Crippen molar-refractivity contribution in [3.8, 4) is 0 Å². The van der Waals surface area contributed by atoms with Crippen molar-refractivity contribution in [1.29, 1.82) is 0 Å². The summed E-state index contributed by atoms with van der Waals surface area (Å²) in [6.45, 7) is 12.7. The molecule has 19 heavy (non-hydrogen) atoms. The van der Waals surface area contributed by atoms with Crippen LogP contribution in [0.4, 0.5) is 0 Å². The van der Waals surface area contributed by atoms with Crippen molar-refractivity contribution in [3.05, 3.63) is 59.1 Å². The molecule has 1 nitrogen and oxygen atoms in total. The van der Waals surface area contributed by atoms with Gasteiger partial charge in [-0.15, -0.1) is 25.6 Å². The summed E-state index contributed by atoms with van der Waals surface area (Å²) in [5.41, 5.74) is 1.06. The van der Waals surface area contributed by atoms with Gasteiger partial charge in [0.25, 0.3) is 0 Å². The van der Waals surface area contributed by atoms with E-state index in [1.165, 1.54) is 0 Å². The van der Waals surface area contributed by atoms with Crippen LogP contribution in [0.1, 0.15) is 19.4 Å². The number of hydrogen-bond donors (Lipinski definition) is 0. The van der Waals surface area contributed by atoms with Gasteiger partial charge in [-0.2, -0.15) is 0 Å². The molecule has 0 fully saturated rings. The maximum Gasteiger partial charge on any atom is 0.0465 e. The zero-order valence-electron chi connectivity index (χ0n) is 11.3. The van der Waals surface area contributed by atoms with E-state index < -0.39 is 0 Å². The summed E-state index contributed by atoms with van der Waals surface area (Å²) >= 11 is 12.1. The number of hydrogen-bond acceptors (Lipinski definition) is 1. The second-order valence-electron chi connectivity index (χ2n) is 4.36. The lowest BCUT2D eigenvalue weighted by Crippen LogP contribution is -2.37. The Kier molecular flexibility index (Phi) is 8.44. The highest BCUT2D eigenvalue weighted by atomic mass is 35.5. The Hall–Kier alpha value is -0.470. The lowest BCUT2D eigenvalue weighted by Gasteiger charge is -2.31. The van der Waals surface area contributed by atoms with Crippen molar-refractivity contribution in [2.24, 2.45) is 0 Å². The molecule has 106 valence electrons. The van der Waals surface area contributed by atoms with Crippen LogP contribution in [0.25, 0.3) is 0 Å². The van der Waals surface area contributed by atoms with E-state index in [0.717, 1.165) is 12.1 Å². The van der Waals surface area contributed by atoms with Crippen molar-refractivity contribution < 1.29 is 0 Å². The lowest BCUT2D eigenvalue weighted by molar-refractivity contribution is 0.201. The molecule has 1 rings (SSSR count). The molecule has 0 N–H and O–H groups in total. The lowest BCUT2D eigenvalue weighted by atomic mass is 10.1. The molecular formula is C15H20Cl3N. The van der Waals surface area contributed by atoms with Gasteiger partial charge in [0.2, 0.25) is 0 Å². The van der Waals surface area contributed by atoms with Gasteiger partial charge in [0.15, 0.2) is 0 Å². The molecule has 0 aliphatic heterocycles. The van der Waals surface area contributed by atoms with E-state index in [9.17, 15) is 0 Å². The smallest absolute Gasteiger partial charge is 0.0465 e.